The van der Waals surface area contributed by atoms with Crippen molar-refractivity contribution in [2.75, 3.05) is 0 Å². The molecule has 1 atom stereocenters. The van der Waals surface area contributed by atoms with E-state index in [4.69, 9.17) is 4.84 Å². The number of pyridine rings is 1. The quantitative estimate of drug-likeness (QED) is 0.233. The predicted molar refractivity (Wildman–Crippen MR) is 126 cm³/mol. The van der Waals surface area contributed by atoms with E-state index in [0.29, 0.717) is 6.61 Å². The Kier molecular flexibility index (Phi) is 7.07. The van der Waals surface area contributed by atoms with Crippen LogP contribution in [0, 0.1) is 11.8 Å². The Bertz CT molecular complexity index is 1190. The van der Waals surface area contributed by atoms with Gasteiger partial charge in [0.2, 0.25) is 0 Å². The van der Waals surface area contributed by atoms with Gasteiger partial charge in [0.05, 0.1) is 18.1 Å². The molecule has 2 aromatic carbocycles. The van der Waals surface area contributed by atoms with Crippen LogP contribution in [0.15, 0.2) is 103 Å². The molecule has 0 aliphatic rings. The van der Waals surface area contributed by atoms with Crippen LogP contribution >= 0.6 is 0 Å². The third-order valence-corrected chi connectivity index (χ3v) is 4.99. The SMILES string of the molecule is CCC(C(=NOCc1ccccn1)c1ccc(C#Cc2ccccc2)cc1)n1ccnc1. The van der Waals surface area contributed by atoms with Crippen LogP contribution in [0.5, 0.6) is 0 Å². The lowest BCUT2D eigenvalue weighted by molar-refractivity contribution is 0.126. The average Bonchev–Trinajstić information content (AvgIpc) is 3.39. The number of benzene rings is 2. The standard InChI is InChI=1S/C27H24N4O/c1-2-26(31-19-18-28-21-31)27(30-32-20-25-10-6-7-17-29-25)24-15-13-23(14-16-24)12-11-22-8-4-3-5-9-22/h3-10,13-19,21,26H,2,20H2,1H3. The van der Waals surface area contributed by atoms with Gasteiger partial charge in [0.25, 0.3) is 0 Å². The average molecular weight is 421 g/mol. The Labute approximate surface area is 188 Å². The van der Waals surface area contributed by atoms with Crippen molar-refractivity contribution in [3.63, 3.8) is 0 Å². The molecule has 158 valence electrons. The lowest BCUT2D eigenvalue weighted by Gasteiger charge is -2.19. The molecule has 2 heterocycles. The first-order valence-electron chi connectivity index (χ1n) is 10.6. The molecule has 2 aromatic heterocycles. The van der Waals surface area contributed by atoms with Crippen molar-refractivity contribution in [3.05, 3.63) is 120 Å². The third-order valence-electron chi connectivity index (χ3n) is 4.99. The minimum Gasteiger partial charge on any atom is -0.389 e. The number of aromatic nitrogens is 3. The van der Waals surface area contributed by atoms with Gasteiger partial charge >= 0.3 is 0 Å². The zero-order valence-corrected chi connectivity index (χ0v) is 17.9. The molecule has 0 amide bonds. The van der Waals surface area contributed by atoms with Crippen LogP contribution in [0.1, 0.15) is 41.8 Å². The van der Waals surface area contributed by atoms with Gasteiger partial charge in [0.15, 0.2) is 6.61 Å². The molecule has 1 unspecified atom stereocenters. The number of rotatable bonds is 7. The molecule has 5 heteroatoms. The van der Waals surface area contributed by atoms with Gasteiger partial charge in [-0.1, -0.05) is 60.3 Å². The molecule has 0 aliphatic heterocycles. The Morgan fingerprint density at radius 2 is 1.69 bits per heavy atom. The maximum absolute atomic E-state index is 5.72. The summed E-state index contributed by atoms with van der Waals surface area (Å²) in [6.07, 6.45) is 8.12. The van der Waals surface area contributed by atoms with Crippen LogP contribution in [-0.4, -0.2) is 20.2 Å². The van der Waals surface area contributed by atoms with E-state index >= 15 is 0 Å². The molecule has 0 radical (unpaired) electrons. The van der Waals surface area contributed by atoms with E-state index in [9.17, 15) is 0 Å². The van der Waals surface area contributed by atoms with Crippen LogP contribution in [0.2, 0.25) is 0 Å². The molecule has 32 heavy (non-hydrogen) atoms. The molecule has 0 aliphatic carbocycles. The van der Waals surface area contributed by atoms with Gasteiger partial charge in [-0.15, -0.1) is 0 Å². The summed E-state index contributed by atoms with van der Waals surface area (Å²) in [4.78, 5) is 14.2. The molecule has 0 fully saturated rings. The van der Waals surface area contributed by atoms with Crippen molar-refractivity contribution in [2.45, 2.75) is 26.0 Å². The van der Waals surface area contributed by atoms with E-state index in [1.165, 1.54) is 0 Å². The molecule has 0 saturated carbocycles. The summed E-state index contributed by atoms with van der Waals surface area (Å²) in [7, 11) is 0. The first-order valence-corrected chi connectivity index (χ1v) is 10.6. The molecule has 4 rings (SSSR count). The summed E-state index contributed by atoms with van der Waals surface area (Å²) in [5.41, 5.74) is 4.59. The minimum absolute atomic E-state index is 0.00230. The van der Waals surface area contributed by atoms with E-state index in [-0.39, 0.29) is 6.04 Å². The van der Waals surface area contributed by atoms with E-state index in [1.54, 1.807) is 12.4 Å². The monoisotopic (exact) mass is 420 g/mol. The highest BCUT2D eigenvalue weighted by molar-refractivity contribution is 6.03. The summed E-state index contributed by atoms with van der Waals surface area (Å²) in [5.74, 6) is 6.41. The minimum atomic E-state index is 0.00230. The smallest absolute Gasteiger partial charge is 0.159 e. The van der Waals surface area contributed by atoms with Gasteiger partial charge in [-0.05, 0) is 42.8 Å². The zero-order valence-electron chi connectivity index (χ0n) is 17.9. The van der Waals surface area contributed by atoms with Gasteiger partial charge in [-0.25, -0.2) is 4.98 Å². The second-order valence-electron chi connectivity index (χ2n) is 7.20. The molecule has 5 nitrogen and oxygen atoms in total. The second-order valence-corrected chi connectivity index (χ2v) is 7.20. The van der Waals surface area contributed by atoms with Crippen LogP contribution in [-0.2, 0) is 11.4 Å². The van der Waals surface area contributed by atoms with E-state index in [2.05, 4.69) is 33.9 Å². The van der Waals surface area contributed by atoms with Crippen LogP contribution in [0.4, 0.5) is 0 Å². The highest BCUT2D eigenvalue weighted by Gasteiger charge is 2.19. The highest BCUT2D eigenvalue weighted by Crippen LogP contribution is 2.20. The van der Waals surface area contributed by atoms with Crippen molar-refractivity contribution in [3.8, 4) is 11.8 Å². The lowest BCUT2D eigenvalue weighted by Crippen LogP contribution is -2.19. The van der Waals surface area contributed by atoms with Crippen molar-refractivity contribution in [1.82, 2.24) is 14.5 Å². The lowest BCUT2D eigenvalue weighted by atomic mass is 10.00. The number of imidazole rings is 1. The largest absolute Gasteiger partial charge is 0.389 e. The summed E-state index contributed by atoms with van der Waals surface area (Å²) in [6.45, 7) is 2.43. The molecular weight excluding hydrogens is 396 g/mol. The Morgan fingerprint density at radius 1 is 0.938 bits per heavy atom. The summed E-state index contributed by atoms with van der Waals surface area (Å²) >= 11 is 0. The van der Waals surface area contributed by atoms with Gasteiger partial charge in [-0.2, -0.15) is 0 Å². The van der Waals surface area contributed by atoms with Crippen molar-refractivity contribution in [1.29, 1.82) is 0 Å². The van der Waals surface area contributed by atoms with E-state index in [0.717, 1.165) is 34.5 Å². The first-order chi connectivity index (χ1) is 15.8. The Balaban J connectivity index is 1.59. The Morgan fingerprint density at radius 3 is 2.34 bits per heavy atom. The first kappa shape index (κ1) is 21.1. The molecule has 0 N–H and O–H groups in total. The topological polar surface area (TPSA) is 52.3 Å². The zero-order chi connectivity index (χ0) is 22.0. The predicted octanol–water partition coefficient (Wildman–Crippen LogP) is 5.25. The number of nitrogens with zero attached hydrogens (tertiary/aromatic N) is 4. The number of hydrogen-bond donors (Lipinski definition) is 0. The van der Waals surface area contributed by atoms with Gasteiger partial charge in [0, 0.05) is 35.3 Å². The van der Waals surface area contributed by atoms with Gasteiger partial charge in [0.1, 0.15) is 5.71 Å². The Hall–Kier alpha value is -4.17. The normalized spacial score (nSPS) is 12.0. The fourth-order valence-electron chi connectivity index (χ4n) is 3.35. The van der Waals surface area contributed by atoms with Crippen LogP contribution < -0.4 is 0 Å². The molecule has 0 saturated heterocycles. The van der Waals surface area contributed by atoms with Crippen LogP contribution in [0.25, 0.3) is 0 Å². The van der Waals surface area contributed by atoms with Crippen LogP contribution in [0.3, 0.4) is 0 Å². The van der Waals surface area contributed by atoms with Crippen molar-refractivity contribution >= 4 is 5.71 Å². The molecule has 0 spiro atoms. The number of hydrogen-bond acceptors (Lipinski definition) is 4. The summed E-state index contributed by atoms with van der Waals surface area (Å²) < 4.78 is 2.05. The maximum Gasteiger partial charge on any atom is 0.159 e. The van der Waals surface area contributed by atoms with E-state index < -0.39 is 0 Å². The fourth-order valence-corrected chi connectivity index (χ4v) is 3.35. The molecular formula is C27H24N4O. The van der Waals surface area contributed by atoms with E-state index in [1.807, 2.05) is 89.9 Å². The molecule has 0 bridgehead atoms. The fraction of sp³-hybridized carbons (Fsp3) is 0.148. The molecule has 4 aromatic rings. The van der Waals surface area contributed by atoms with Crippen molar-refractivity contribution < 1.29 is 4.84 Å². The second kappa shape index (κ2) is 10.7. The number of oxime groups is 1. The van der Waals surface area contributed by atoms with Gasteiger partial charge < -0.3 is 9.40 Å². The van der Waals surface area contributed by atoms with Crippen molar-refractivity contribution in [2.24, 2.45) is 5.16 Å². The highest BCUT2D eigenvalue weighted by atomic mass is 16.6. The maximum atomic E-state index is 5.72. The third kappa shape index (κ3) is 5.50. The van der Waals surface area contributed by atoms with Gasteiger partial charge in [-0.3, -0.25) is 4.98 Å². The summed E-state index contributed by atoms with van der Waals surface area (Å²) in [5, 5.41) is 4.53. The summed E-state index contributed by atoms with van der Waals surface area (Å²) in [6, 6.07) is 23.8.